The highest BCUT2D eigenvalue weighted by Gasteiger charge is 2.20. The molecule has 0 saturated carbocycles. The number of hydrogen-bond donors (Lipinski definition) is 0. The molecule has 0 N–H and O–H groups in total. The van der Waals surface area contributed by atoms with E-state index in [9.17, 15) is 13.0 Å². The van der Waals surface area contributed by atoms with Crippen LogP contribution < -0.4 is 15.9 Å². The molecule has 0 radical (unpaired) electrons. The molecule has 144 valence electrons. The SMILES string of the molecule is O=S(=O)([O-])c1cccc(-c2ccccc2P(c2ccccc2)c2ccccc2)c1. The van der Waals surface area contributed by atoms with E-state index in [1.54, 1.807) is 6.07 Å². The molecule has 4 aromatic rings. The Morgan fingerprint density at radius 2 is 1.17 bits per heavy atom. The summed E-state index contributed by atoms with van der Waals surface area (Å²) in [4.78, 5) is -0.214. The van der Waals surface area contributed by atoms with E-state index in [-0.39, 0.29) is 4.90 Å². The second-order valence-corrected chi connectivity index (χ2v) is 10.1. The molecule has 0 aromatic heterocycles. The van der Waals surface area contributed by atoms with Crippen molar-refractivity contribution in [2.45, 2.75) is 4.90 Å². The van der Waals surface area contributed by atoms with Gasteiger partial charge >= 0.3 is 0 Å². The van der Waals surface area contributed by atoms with Gasteiger partial charge in [-0.05, 0) is 47.1 Å². The van der Waals surface area contributed by atoms with Crippen LogP contribution in [0, 0.1) is 0 Å². The lowest BCUT2D eigenvalue weighted by Crippen LogP contribution is -2.22. The smallest absolute Gasteiger partial charge is 0.124 e. The van der Waals surface area contributed by atoms with Crippen molar-refractivity contribution in [1.82, 2.24) is 0 Å². The van der Waals surface area contributed by atoms with E-state index in [1.807, 2.05) is 60.7 Å². The van der Waals surface area contributed by atoms with Crippen molar-refractivity contribution in [2.24, 2.45) is 0 Å². The second-order valence-electron chi connectivity index (χ2n) is 6.51. The third-order valence-electron chi connectivity index (χ3n) is 4.61. The van der Waals surface area contributed by atoms with E-state index in [0.717, 1.165) is 16.4 Å². The molecule has 5 heteroatoms. The molecule has 3 nitrogen and oxygen atoms in total. The molecule has 0 unspecified atom stereocenters. The zero-order valence-corrected chi connectivity index (χ0v) is 17.2. The maximum absolute atomic E-state index is 11.5. The number of rotatable bonds is 5. The average molecular weight is 417 g/mol. The van der Waals surface area contributed by atoms with E-state index in [4.69, 9.17) is 0 Å². The van der Waals surface area contributed by atoms with Crippen LogP contribution in [0.1, 0.15) is 0 Å². The minimum absolute atomic E-state index is 0.214. The first-order chi connectivity index (χ1) is 14.0. The van der Waals surface area contributed by atoms with Crippen LogP contribution in [-0.4, -0.2) is 13.0 Å². The first-order valence-electron chi connectivity index (χ1n) is 9.10. The molecule has 0 heterocycles. The molecular formula is C24H18O3PS-. The number of hydrogen-bond acceptors (Lipinski definition) is 3. The van der Waals surface area contributed by atoms with Crippen molar-refractivity contribution in [3.05, 3.63) is 109 Å². The Morgan fingerprint density at radius 1 is 0.621 bits per heavy atom. The Morgan fingerprint density at radius 3 is 1.76 bits per heavy atom. The van der Waals surface area contributed by atoms with Gasteiger partial charge in [0.15, 0.2) is 0 Å². The van der Waals surface area contributed by atoms with E-state index in [0.29, 0.717) is 0 Å². The van der Waals surface area contributed by atoms with Gasteiger partial charge in [0.25, 0.3) is 0 Å². The van der Waals surface area contributed by atoms with Crippen molar-refractivity contribution >= 4 is 34.0 Å². The van der Waals surface area contributed by atoms with Crippen LogP contribution in [0.25, 0.3) is 11.1 Å². The predicted molar refractivity (Wildman–Crippen MR) is 119 cm³/mol. The molecule has 4 rings (SSSR count). The van der Waals surface area contributed by atoms with Gasteiger partial charge in [-0.15, -0.1) is 0 Å². The minimum Gasteiger partial charge on any atom is -0.744 e. The standard InChI is InChI=1S/C24H19O3PS/c25-29(26,27)22-15-9-10-19(18-22)23-16-7-8-17-24(23)28(20-11-3-1-4-12-20)21-13-5-2-6-14-21/h1-18H,(H,25,26,27)/p-1. The largest absolute Gasteiger partial charge is 0.744 e. The summed E-state index contributed by atoms with van der Waals surface area (Å²) >= 11 is 0. The summed E-state index contributed by atoms with van der Waals surface area (Å²) < 4.78 is 34.6. The van der Waals surface area contributed by atoms with E-state index in [1.165, 1.54) is 22.7 Å². The summed E-state index contributed by atoms with van der Waals surface area (Å²) in [6.07, 6.45) is 0. The maximum Gasteiger partial charge on any atom is 0.124 e. The van der Waals surface area contributed by atoms with Crippen LogP contribution in [0.2, 0.25) is 0 Å². The molecule has 4 aromatic carbocycles. The normalized spacial score (nSPS) is 11.5. The fourth-order valence-corrected chi connectivity index (χ4v) is 6.30. The van der Waals surface area contributed by atoms with Gasteiger partial charge in [-0.1, -0.05) is 97.1 Å². The van der Waals surface area contributed by atoms with Gasteiger partial charge in [0.1, 0.15) is 10.1 Å². The van der Waals surface area contributed by atoms with Crippen molar-refractivity contribution in [3.8, 4) is 11.1 Å². The third-order valence-corrected chi connectivity index (χ3v) is 7.94. The second kappa shape index (κ2) is 8.30. The molecule has 0 aliphatic rings. The van der Waals surface area contributed by atoms with Crippen LogP contribution in [-0.2, 0) is 10.1 Å². The lowest BCUT2D eigenvalue weighted by atomic mass is 10.1. The summed E-state index contributed by atoms with van der Waals surface area (Å²) in [5, 5.41) is 3.52. The Kier molecular flexibility index (Phi) is 5.59. The lowest BCUT2D eigenvalue weighted by Gasteiger charge is -2.22. The molecule has 29 heavy (non-hydrogen) atoms. The van der Waals surface area contributed by atoms with Crippen molar-refractivity contribution in [2.75, 3.05) is 0 Å². The van der Waals surface area contributed by atoms with Crippen LogP contribution >= 0.6 is 7.92 Å². The van der Waals surface area contributed by atoms with Gasteiger partial charge in [-0.3, -0.25) is 0 Å². The molecule has 0 bridgehead atoms. The maximum atomic E-state index is 11.5. The first-order valence-corrected chi connectivity index (χ1v) is 11.8. The van der Waals surface area contributed by atoms with Crippen LogP contribution in [0.5, 0.6) is 0 Å². The van der Waals surface area contributed by atoms with Gasteiger partial charge in [0.2, 0.25) is 0 Å². The molecular weight excluding hydrogens is 399 g/mol. The Bertz CT molecular complexity index is 1180. The zero-order valence-electron chi connectivity index (χ0n) is 15.5. The van der Waals surface area contributed by atoms with Crippen molar-refractivity contribution in [3.63, 3.8) is 0 Å². The fraction of sp³-hybridized carbons (Fsp3) is 0. The van der Waals surface area contributed by atoms with Gasteiger partial charge in [-0.25, -0.2) is 8.42 Å². The van der Waals surface area contributed by atoms with Gasteiger partial charge in [-0.2, -0.15) is 0 Å². The Labute approximate surface area is 172 Å². The summed E-state index contributed by atoms with van der Waals surface area (Å²) in [5.41, 5.74) is 1.65. The molecule has 0 aliphatic heterocycles. The quantitative estimate of drug-likeness (QED) is 0.364. The van der Waals surface area contributed by atoms with E-state index in [2.05, 4.69) is 30.3 Å². The highest BCUT2D eigenvalue weighted by Crippen LogP contribution is 2.37. The topological polar surface area (TPSA) is 57.2 Å². The molecule has 0 atom stereocenters. The van der Waals surface area contributed by atoms with Crippen LogP contribution in [0.3, 0.4) is 0 Å². The Hall–Kier alpha value is -2.78. The average Bonchev–Trinajstić information content (AvgIpc) is 2.75. The molecule has 0 spiro atoms. The number of benzene rings is 4. The molecule has 0 fully saturated rings. The summed E-state index contributed by atoms with van der Waals surface area (Å²) in [7, 11) is -5.37. The molecule has 0 amide bonds. The van der Waals surface area contributed by atoms with Gasteiger partial charge in [0.05, 0.1) is 4.90 Å². The van der Waals surface area contributed by atoms with Gasteiger partial charge < -0.3 is 4.55 Å². The van der Waals surface area contributed by atoms with Gasteiger partial charge in [0, 0.05) is 0 Å². The van der Waals surface area contributed by atoms with E-state index < -0.39 is 18.0 Å². The zero-order chi connectivity index (χ0) is 20.3. The van der Waals surface area contributed by atoms with Crippen LogP contribution in [0.15, 0.2) is 114 Å². The fourth-order valence-electron chi connectivity index (χ4n) is 3.31. The monoisotopic (exact) mass is 417 g/mol. The van der Waals surface area contributed by atoms with E-state index >= 15 is 0 Å². The highest BCUT2D eigenvalue weighted by atomic mass is 32.2. The Balaban J connectivity index is 1.93. The molecule has 0 aliphatic carbocycles. The van der Waals surface area contributed by atoms with Crippen molar-refractivity contribution < 1.29 is 13.0 Å². The van der Waals surface area contributed by atoms with Crippen molar-refractivity contribution in [1.29, 1.82) is 0 Å². The summed E-state index contributed by atoms with van der Waals surface area (Å²) in [5.74, 6) is 0. The first kappa shape index (κ1) is 19.5. The highest BCUT2D eigenvalue weighted by molar-refractivity contribution is 7.85. The van der Waals surface area contributed by atoms with Crippen LogP contribution in [0.4, 0.5) is 0 Å². The summed E-state index contributed by atoms with van der Waals surface area (Å²) in [6.45, 7) is 0. The minimum atomic E-state index is -4.52. The summed E-state index contributed by atoms with van der Waals surface area (Å²) in [6, 6.07) is 34.8. The third kappa shape index (κ3) is 4.30. The molecule has 0 saturated heterocycles. The predicted octanol–water partition coefficient (Wildman–Crippen LogP) is 4.02. The lowest BCUT2D eigenvalue weighted by molar-refractivity contribution is 0.463.